The molecule has 0 N–H and O–H groups in total. The van der Waals surface area contributed by atoms with Gasteiger partial charge in [0, 0.05) is 0 Å². The molecule has 13 heavy (non-hydrogen) atoms. The van der Waals surface area contributed by atoms with E-state index in [-0.39, 0.29) is 0 Å². The van der Waals surface area contributed by atoms with Crippen molar-refractivity contribution >= 4 is 26.9 Å². The van der Waals surface area contributed by atoms with Crippen molar-refractivity contribution in [1.82, 2.24) is 3.64 Å². The maximum Gasteiger partial charge on any atom is 0.362 e. The van der Waals surface area contributed by atoms with E-state index >= 15 is 0 Å². The molecule has 0 saturated heterocycles. The first kappa shape index (κ1) is 13.3. The van der Waals surface area contributed by atoms with Crippen LogP contribution in [0.4, 0.5) is 3.89 Å². The third kappa shape index (κ3) is 3.88. The van der Waals surface area contributed by atoms with E-state index in [1.807, 2.05) is 39.3 Å². The highest BCUT2D eigenvalue weighted by molar-refractivity contribution is 7.87. The molecule has 0 aromatic carbocycles. The predicted molar refractivity (Wildman–Crippen MR) is 58.6 cm³/mol. The van der Waals surface area contributed by atoms with Gasteiger partial charge in [0.1, 0.15) is 16.5 Å². The second-order valence-electron chi connectivity index (χ2n) is 5.05. The zero-order valence-corrected chi connectivity index (χ0v) is 11.9. The molecule has 0 radical (unpaired) electrons. The molecule has 0 spiro atoms. The van der Waals surface area contributed by atoms with E-state index in [1.165, 1.54) is 0 Å². The molecule has 0 bridgehead atoms. The zero-order chi connectivity index (χ0) is 11.1. The summed E-state index contributed by atoms with van der Waals surface area (Å²) in [5, 5.41) is 0. The Morgan fingerprint density at radius 2 is 1.15 bits per heavy atom. The number of hydrogen-bond donors (Lipinski definition) is 0. The molecule has 0 amide bonds. The van der Waals surface area contributed by atoms with Crippen LogP contribution in [0, 0.1) is 0 Å². The average Bonchev–Trinajstić information content (AvgIpc) is 1.44. The summed E-state index contributed by atoms with van der Waals surface area (Å²) in [6.07, 6.45) is 0. The Bertz CT molecular complexity index is 264. The number of rotatable bonds is 3. The Morgan fingerprint density at radius 3 is 1.15 bits per heavy atom. The van der Waals surface area contributed by atoms with Crippen molar-refractivity contribution in [3.63, 3.8) is 0 Å². The van der Waals surface area contributed by atoms with Gasteiger partial charge in [-0.2, -0.15) is 8.42 Å². The molecule has 0 rings (SSSR count). The normalized spacial score (nSPS) is 15.1. The minimum Gasteiger partial charge on any atom is -0.221 e. The summed E-state index contributed by atoms with van der Waals surface area (Å²) >= 11 is 0. The second kappa shape index (κ2) is 3.45. The third-order valence-electron chi connectivity index (χ3n) is 1.44. The number of halogens is 1. The summed E-state index contributed by atoms with van der Waals surface area (Å²) in [5.41, 5.74) is 0. The molecular weight excluding hydrogens is 225 g/mol. The molecule has 0 aliphatic carbocycles. The Labute approximate surface area is 82.5 Å². The first-order valence-corrected chi connectivity index (χ1v) is 12.4. The minimum absolute atomic E-state index is 1.15. The van der Waals surface area contributed by atoms with Crippen LogP contribution in [0.3, 0.4) is 0 Å². The highest BCUT2D eigenvalue weighted by atomic mass is 32.3. The highest BCUT2D eigenvalue weighted by Crippen LogP contribution is 2.24. The minimum atomic E-state index is -4.52. The van der Waals surface area contributed by atoms with Crippen LogP contribution in [0.5, 0.6) is 0 Å². The summed E-state index contributed by atoms with van der Waals surface area (Å²) < 4.78 is 36.1. The Morgan fingerprint density at radius 1 is 0.923 bits per heavy atom. The van der Waals surface area contributed by atoms with E-state index in [2.05, 4.69) is 0 Å². The fourth-order valence-electron chi connectivity index (χ4n) is 1.66. The van der Waals surface area contributed by atoms with E-state index in [0.717, 1.165) is 3.64 Å². The van der Waals surface area contributed by atoms with E-state index in [9.17, 15) is 12.3 Å². The van der Waals surface area contributed by atoms with E-state index in [0.29, 0.717) is 0 Å². The van der Waals surface area contributed by atoms with Crippen molar-refractivity contribution in [2.75, 3.05) is 0 Å². The predicted octanol–water partition coefficient (Wildman–Crippen LogP) is 2.17. The van der Waals surface area contributed by atoms with Gasteiger partial charge in [0.2, 0.25) is 0 Å². The van der Waals surface area contributed by atoms with Crippen LogP contribution in [0.25, 0.3) is 0 Å². The quantitative estimate of drug-likeness (QED) is 0.563. The molecule has 0 saturated carbocycles. The van der Waals surface area contributed by atoms with Crippen LogP contribution in [-0.2, 0) is 10.4 Å². The Kier molecular flexibility index (Phi) is 3.52. The largest absolute Gasteiger partial charge is 0.362 e. The molecule has 0 unspecified atom stereocenters. The van der Waals surface area contributed by atoms with Crippen LogP contribution in [0.1, 0.15) is 0 Å². The summed E-state index contributed by atoms with van der Waals surface area (Å²) in [7, 11) is -8.77. The summed E-state index contributed by atoms with van der Waals surface area (Å²) in [6.45, 7) is 11.0. The standard InChI is InChI=1S/C6H18FNO2SSi2/c1-12(2,3)8(11(7,9)10)13(4,5)6/h1-6H3. The van der Waals surface area contributed by atoms with E-state index in [4.69, 9.17) is 0 Å². The van der Waals surface area contributed by atoms with Gasteiger partial charge >= 0.3 is 10.4 Å². The molecular formula is C6H18FNO2SSi2. The third-order valence-corrected chi connectivity index (χ3v) is 12.9. The van der Waals surface area contributed by atoms with Crippen molar-refractivity contribution in [3.8, 4) is 0 Å². The number of nitrogens with zero attached hydrogens (tertiary/aromatic N) is 1. The first-order chi connectivity index (χ1) is 5.37. The zero-order valence-electron chi connectivity index (χ0n) is 9.05. The van der Waals surface area contributed by atoms with Gasteiger partial charge in [0.25, 0.3) is 0 Å². The van der Waals surface area contributed by atoms with Crippen LogP contribution in [-0.4, -0.2) is 28.5 Å². The van der Waals surface area contributed by atoms with Gasteiger partial charge in [-0.15, -0.1) is 0 Å². The molecule has 80 valence electrons. The Balaban J connectivity index is 5.28. The van der Waals surface area contributed by atoms with Crippen LogP contribution in [0.2, 0.25) is 39.3 Å². The maximum atomic E-state index is 13.0. The number of hydrogen-bond acceptors (Lipinski definition) is 2. The fourth-order valence-corrected chi connectivity index (χ4v) is 14.9. The van der Waals surface area contributed by atoms with Gasteiger partial charge in [0.05, 0.1) is 0 Å². The van der Waals surface area contributed by atoms with Crippen molar-refractivity contribution in [3.05, 3.63) is 0 Å². The molecule has 0 aromatic heterocycles. The molecule has 7 heteroatoms. The molecule has 0 aromatic rings. The van der Waals surface area contributed by atoms with Crippen LogP contribution in [0.15, 0.2) is 0 Å². The molecule has 0 heterocycles. The van der Waals surface area contributed by atoms with Crippen molar-refractivity contribution in [2.24, 2.45) is 0 Å². The molecule has 0 fully saturated rings. The lowest BCUT2D eigenvalue weighted by atomic mass is 11.8. The maximum absolute atomic E-state index is 13.0. The fraction of sp³-hybridized carbons (Fsp3) is 1.00. The highest BCUT2D eigenvalue weighted by Gasteiger charge is 2.43. The van der Waals surface area contributed by atoms with Gasteiger partial charge < -0.3 is 0 Å². The lowest BCUT2D eigenvalue weighted by molar-refractivity contribution is 0.523. The lowest BCUT2D eigenvalue weighted by Gasteiger charge is -2.38. The molecule has 3 nitrogen and oxygen atoms in total. The average molecular weight is 243 g/mol. The molecule has 0 atom stereocenters. The second-order valence-corrected chi connectivity index (χ2v) is 16.9. The van der Waals surface area contributed by atoms with Crippen molar-refractivity contribution in [1.29, 1.82) is 0 Å². The van der Waals surface area contributed by atoms with E-state index < -0.39 is 26.9 Å². The lowest BCUT2D eigenvalue weighted by Crippen LogP contribution is -2.60. The van der Waals surface area contributed by atoms with Gasteiger partial charge in [-0.3, -0.25) is 0 Å². The topological polar surface area (TPSA) is 37.4 Å². The smallest absolute Gasteiger partial charge is 0.221 e. The van der Waals surface area contributed by atoms with E-state index in [1.54, 1.807) is 0 Å². The van der Waals surface area contributed by atoms with Crippen molar-refractivity contribution < 1.29 is 12.3 Å². The van der Waals surface area contributed by atoms with Crippen LogP contribution >= 0.6 is 0 Å². The van der Waals surface area contributed by atoms with Gasteiger partial charge in [0.15, 0.2) is 0 Å². The van der Waals surface area contributed by atoms with Crippen LogP contribution < -0.4 is 0 Å². The van der Waals surface area contributed by atoms with Gasteiger partial charge in [-0.1, -0.05) is 43.2 Å². The molecule has 0 aliphatic rings. The van der Waals surface area contributed by atoms with Gasteiger partial charge in [-0.05, 0) is 0 Å². The summed E-state index contributed by atoms with van der Waals surface area (Å²) in [5.74, 6) is 0. The monoisotopic (exact) mass is 243 g/mol. The SMILES string of the molecule is C[Si](C)(C)N([Si](C)(C)C)S(=O)(=O)F. The van der Waals surface area contributed by atoms with Gasteiger partial charge in [-0.25, -0.2) is 3.64 Å². The first-order valence-electron chi connectivity index (χ1n) is 4.12. The summed E-state index contributed by atoms with van der Waals surface area (Å²) in [6, 6.07) is 0. The Hall–Kier alpha value is 0.274. The summed E-state index contributed by atoms with van der Waals surface area (Å²) in [4.78, 5) is 0. The van der Waals surface area contributed by atoms with Crippen molar-refractivity contribution in [2.45, 2.75) is 39.3 Å². The molecule has 0 aliphatic heterocycles.